The summed E-state index contributed by atoms with van der Waals surface area (Å²) in [5, 5.41) is 13.4. The van der Waals surface area contributed by atoms with Crippen molar-refractivity contribution in [1.29, 1.82) is 0 Å². The van der Waals surface area contributed by atoms with Crippen LogP contribution in [0, 0.1) is 0 Å². The number of nitrogens with zero attached hydrogens (tertiary/aromatic N) is 3. The first-order valence-corrected chi connectivity index (χ1v) is 5.06. The zero-order valence-electron chi connectivity index (χ0n) is 9.03. The maximum atomic E-state index is 11.1. The number of hydrogen-bond donors (Lipinski definition) is 1. The van der Waals surface area contributed by atoms with E-state index in [1.807, 2.05) is 7.05 Å². The average Bonchev–Trinajstić information content (AvgIpc) is 2.38. The fourth-order valence-electron chi connectivity index (χ4n) is 2.07. The van der Waals surface area contributed by atoms with Gasteiger partial charge in [-0.1, -0.05) is 0 Å². The Hall–Kier alpha value is -1.36. The van der Waals surface area contributed by atoms with Crippen molar-refractivity contribution in [3.63, 3.8) is 0 Å². The van der Waals surface area contributed by atoms with E-state index in [0.29, 0.717) is 5.69 Å². The number of fused-ring (bicyclic) bond motifs is 1. The fraction of sp³-hybridized carbons (Fsp3) is 0.600. The number of rotatable bonds is 1. The van der Waals surface area contributed by atoms with Gasteiger partial charge >= 0.3 is 5.97 Å². The minimum atomic E-state index is -0.879. The zero-order valence-corrected chi connectivity index (χ0v) is 9.03. The van der Waals surface area contributed by atoms with Gasteiger partial charge in [-0.15, -0.1) is 0 Å². The predicted octanol–water partition coefficient (Wildman–Crippen LogP) is 0.149. The maximum Gasteiger partial charge on any atom is 0.354 e. The van der Waals surface area contributed by atoms with Crippen LogP contribution >= 0.6 is 0 Å². The fourth-order valence-corrected chi connectivity index (χ4v) is 2.07. The molecular weight excluding hydrogens is 194 g/mol. The molecule has 0 spiro atoms. The lowest BCUT2D eigenvalue weighted by Gasteiger charge is -2.11. The number of carbonyl (C=O) groups is 1. The lowest BCUT2D eigenvalue weighted by atomic mass is 10.1. The highest BCUT2D eigenvalue weighted by atomic mass is 16.4. The molecule has 0 saturated carbocycles. The summed E-state index contributed by atoms with van der Waals surface area (Å²) >= 11 is 0. The van der Waals surface area contributed by atoms with Gasteiger partial charge in [-0.05, 0) is 13.5 Å². The van der Waals surface area contributed by atoms with Gasteiger partial charge in [0, 0.05) is 32.1 Å². The van der Waals surface area contributed by atoms with Crippen molar-refractivity contribution in [2.75, 3.05) is 20.1 Å². The monoisotopic (exact) mass is 209 g/mol. The van der Waals surface area contributed by atoms with Crippen LogP contribution < -0.4 is 0 Å². The van der Waals surface area contributed by atoms with Gasteiger partial charge in [-0.2, -0.15) is 5.10 Å². The van der Waals surface area contributed by atoms with E-state index in [1.165, 1.54) is 4.68 Å². The van der Waals surface area contributed by atoms with E-state index in [1.54, 1.807) is 7.05 Å². The second-order valence-corrected chi connectivity index (χ2v) is 4.01. The van der Waals surface area contributed by atoms with Crippen molar-refractivity contribution in [1.82, 2.24) is 14.7 Å². The predicted molar refractivity (Wildman–Crippen MR) is 55.1 cm³/mol. The molecule has 0 fully saturated rings. The Labute approximate surface area is 88.3 Å². The van der Waals surface area contributed by atoms with E-state index in [-0.39, 0.29) is 0 Å². The highest BCUT2D eigenvalue weighted by Crippen LogP contribution is 2.18. The Balaban J connectivity index is 2.43. The highest BCUT2D eigenvalue weighted by molar-refractivity contribution is 5.87. The van der Waals surface area contributed by atoms with Gasteiger partial charge in [0.25, 0.3) is 0 Å². The van der Waals surface area contributed by atoms with Gasteiger partial charge in [0.15, 0.2) is 0 Å². The molecule has 82 valence electrons. The van der Waals surface area contributed by atoms with Crippen molar-refractivity contribution < 1.29 is 9.90 Å². The number of likely N-dealkylation sites (N-methyl/N-ethyl adjacent to an activating group) is 1. The molecule has 0 atom stereocenters. The summed E-state index contributed by atoms with van der Waals surface area (Å²) in [4.78, 5) is 13.3. The van der Waals surface area contributed by atoms with Crippen molar-refractivity contribution in [3.05, 3.63) is 17.0 Å². The van der Waals surface area contributed by atoms with Crippen LogP contribution in [0.4, 0.5) is 0 Å². The van der Waals surface area contributed by atoms with Gasteiger partial charge in [0.05, 0.1) is 5.69 Å². The molecule has 1 N–H and O–H groups in total. The topological polar surface area (TPSA) is 58.4 Å². The molecule has 0 bridgehead atoms. The SMILES string of the molecule is CN1CCc2nn(C)c(C(=O)O)c2CC1. The minimum absolute atomic E-state index is 0.348. The second-order valence-electron chi connectivity index (χ2n) is 4.01. The third kappa shape index (κ3) is 1.74. The van der Waals surface area contributed by atoms with Gasteiger partial charge in [0.2, 0.25) is 0 Å². The molecule has 0 unspecified atom stereocenters. The Morgan fingerprint density at radius 3 is 2.67 bits per heavy atom. The number of hydrogen-bond acceptors (Lipinski definition) is 3. The molecule has 1 aliphatic rings. The Kier molecular flexibility index (Phi) is 2.48. The van der Waals surface area contributed by atoms with E-state index in [9.17, 15) is 4.79 Å². The Morgan fingerprint density at radius 2 is 2.00 bits per heavy atom. The zero-order chi connectivity index (χ0) is 11.0. The normalized spacial score (nSPS) is 17.2. The van der Waals surface area contributed by atoms with Crippen molar-refractivity contribution >= 4 is 5.97 Å². The summed E-state index contributed by atoms with van der Waals surface area (Å²) in [6.45, 7) is 1.85. The molecule has 0 amide bonds. The molecule has 0 aromatic carbocycles. The summed E-state index contributed by atoms with van der Waals surface area (Å²) in [6, 6.07) is 0. The van der Waals surface area contributed by atoms with Gasteiger partial charge in [0.1, 0.15) is 5.69 Å². The number of carboxylic acid groups (broad SMARTS) is 1. The van der Waals surface area contributed by atoms with E-state index in [0.717, 1.165) is 37.2 Å². The first kappa shape index (κ1) is 10.2. The summed E-state index contributed by atoms with van der Waals surface area (Å²) < 4.78 is 1.48. The summed E-state index contributed by atoms with van der Waals surface area (Å²) in [7, 11) is 3.74. The van der Waals surface area contributed by atoms with Crippen LogP contribution in [0.2, 0.25) is 0 Å². The van der Waals surface area contributed by atoms with Crippen LogP contribution in [0.3, 0.4) is 0 Å². The minimum Gasteiger partial charge on any atom is -0.477 e. The third-order valence-corrected chi connectivity index (χ3v) is 2.90. The molecule has 5 nitrogen and oxygen atoms in total. The molecule has 1 aliphatic heterocycles. The van der Waals surface area contributed by atoms with Gasteiger partial charge in [-0.3, -0.25) is 4.68 Å². The van der Waals surface area contributed by atoms with Crippen LogP contribution in [-0.2, 0) is 19.9 Å². The van der Waals surface area contributed by atoms with E-state index in [4.69, 9.17) is 5.11 Å². The molecule has 2 heterocycles. The smallest absolute Gasteiger partial charge is 0.354 e. The second kappa shape index (κ2) is 3.66. The Morgan fingerprint density at radius 1 is 1.33 bits per heavy atom. The summed E-state index contributed by atoms with van der Waals surface area (Å²) in [5.74, 6) is -0.879. The molecule has 15 heavy (non-hydrogen) atoms. The van der Waals surface area contributed by atoms with Crippen molar-refractivity contribution in [2.24, 2.45) is 7.05 Å². The van der Waals surface area contributed by atoms with Gasteiger partial charge in [-0.25, -0.2) is 4.79 Å². The first-order valence-electron chi connectivity index (χ1n) is 5.06. The van der Waals surface area contributed by atoms with Crippen LogP contribution in [0.1, 0.15) is 21.7 Å². The number of aromatic carboxylic acids is 1. The molecule has 2 rings (SSSR count). The standard InChI is InChI=1S/C10H15N3O2/c1-12-5-3-7-8(4-6-12)11-13(2)9(7)10(14)15/h3-6H2,1-2H3,(H,14,15). The summed E-state index contributed by atoms with van der Waals surface area (Å²) in [6.07, 6.45) is 1.62. The lowest BCUT2D eigenvalue weighted by molar-refractivity contribution is 0.0683. The van der Waals surface area contributed by atoms with Crippen molar-refractivity contribution in [3.8, 4) is 0 Å². The average molecular weight is 209 g/mol. The molecular formula is C10H15N3O2. The lowest BCUT2D eigenvalue weighted by Crippen LogP contribution is -2.21. The number of aromatic nitrogens is 2. The summed E-state index contributed by atoms with van der Waals surface area (Å²) in [5.41, 5.74) is 2.20. The van der Waals surface area contributed by atoms with Crippen molar-refractivity contribution in [2.45, 2.75) is 12.8 Å². The van der Waals surface area contributed by atoms with Crippen LogP contribution in [0.15, 0.2) is 0 Å². The maximum absolute atomic E-state index is 11.1. The quantitative estimate of drug-likeness (QED) is 0.715. The first-order chi connectivity index (χ1) is 7.09. The molecule has 1 aromatic heterocycles. The Bertz CT molecular complexity index is 398. The van der Waals surface area contributed by atoms with E-state index >= 15 is 0 Å². The van der Waals surface area contributed by atoms with E-state index < -0.39 is 5.97 Å². The highest BCUT2D eigenvalue weighted by Gasteiger charge is 2.23. The molecule has 5 heteroatoms. The largest absolute Gasteiger partial charge is 0.477 e. The van der Waals surface area contributed by atoms with E-state index in [2.05, 4.69) is 10.00 Å². The molecule has 0 aliphatic carbocycles. The number of aryl methyl sites for hydroxylation is 1. The number of carboxylic acids is 1. The molecule has 0 saturated heterocycles. The molecule has 0 radical (unpaired) electrons. The van der Waals surface area contributed by atoms with Crippen LogP contribution in [0.25, 0.3) is 0 Å². The third-order valence-electron chi connectivity index (χ3n) is 2.90. The van der Waals surface area contributed by atoms with Gasteiger partial charge < -0.3 is 10.0 Å². The van der Waals surface area contributed by atoms with Crippen LogP contribution in [0.5, 0.6) is 0 Å². The van der Waals surface area contributed by atoms with Crippen LogP contribution in [-0.4, -0.2) is 45.9 Å². The molecule has 1 aromatic rings.